The lowest BCUT2D eigenvalue weighted by molar-refractivity contribution is 0.128. The largest absolute Gasteiger partial charge is 0.381 e. The Morgan fingerprint density at radius 2 is 1.95 bits per heavy atom. The molecule has 2 N–H and O–H groups in total. The number of nitrogens with two attached hydrogens (primary N) is 1. The molecule has 2 fully saturated rings. The minimum Gasteiger partial charge on any atom is -0.381 e. The number of hydrogen-bond acceptors (Lipinski definition) is 4. The van der Waals surface area contributed by atoms with Crippen molar-refractivity contribution in [1.29, 1.82) is 0 Å². The summed E-state index contributed by atoms with van der Waals surface area (Å²) < 4.78 is 29.1. The number of rotatable bonds is 2. The van der Waals surface area contributed by atoms with Gasteiger partial charge in [0.1, 0.15) is 0 Å². The van der Waals surface area contributed by atoms with E-state index in [2.05, 4.69) is 4.98 Å². The molecule has 1 aromatic heterocycles. The van der Waals surface area contributed by atoms with Gasteiger partial charge >= 0.3 is 0 Å². The Morgan fingerprint density at radius 1 is 1.25 bits per heavy atom. The number of piperidine rings is 1. The number of nitrogens with zero attached hydrogens (tertiary/aromatic N) is 3. The highest BCUT2D eigenvalue weighted by atomic mass is 32.2. The van der Waals surface area contributed by atoms with Gasteiger partial charge in [-0.15, -0.1) is 0 Å². The van der Waals surface area contributed by atoms with Gasteiger partial charge in [-0.2, -0.15) is 4.31 Å². The molecule has 0 radical (unpaired) electrons. The Morgan fingerprint density at radius 3 is 2.65 bits per heavy atom. The summed E-state index contributed by atoms with van der Waals surface area (Å²) in [5, 5.41) is 0.142. The predicted molar refractivity (Wildman–Crippen MR) is 76.5 cm³/mol. The Balaban J connectivity index is 1.98. The van der Waals surface area contributed by atoms with E-state index in [0.717, 1.165) is 32.1 Å². The Bertz CT molecular complexity index is 574. The van der Waals surface area contributed by atoms with E-state index in [9.17, 15) is 8.42 Å². The number of aromatic nitrogens is 2. The number of anilines is 1. The van der Waals surface area contributed by atoms with Gasteiger partial charge in [-0.25, -0.2) is 13.4 Å². The van der Waals surface area contributed by atoms with E-state index >= 15 is 0 Å². The van der Waals surface area contributed by atoms with Crippen molar-refractivity contribution in [3.05, 3.63) is 6.33 Å². The number of imidazole rings is 1. The fraction of sp³-hybridized carbons (Fsp3) is 0.769. The van der Waals surface area contributed by atoms with Crippen molar-refractivity contribution in [3.63, 3.8) is 0 Å². The maximum Gasteiger partial charge on any atom is 0.262 e. The summed E-state index contributed by atoms with van der Waals surface area (Å²) in [7, 11) is -1.86. The predicted octanol–water partition coefficient (Wildman–Crippen LogP) is 1.35. The van der Waals surface area contributed by atoms with Gasteiger partial charge in [0.15, 0.2) is 10.8 Å². The summed E-state index contributed by atoms with van der Waals surface area (Å²) in [6.45, 7) is 0.605. The van der Waals surface area contributed by atoms with Crippen LogP contribution in [0.3, 0.4) is 0 Å². The molecule has 0 bridgehead atoms. The molecular formula is C13H22N4O2S. The van der Waals surface area contributed by atoms with Crippen LogP contribution in [0.2, 0.25) is 0 Å². The minimum atomic E-state index is -3.54. The van der Waals surface area contributed by atoms with Gasteiger partial charge in [-0.1, -0.05) is 12.8 Å². The molecule has 1 aliphatic carbocycles. The third-order valence-electron chi connectivity index (χ3n) is 4.65. The highest BCUT2D eigenvalue weighted by molar-refractivity contribution is 7.89. The van der Waals surface area contributed by atoms with E-state index in [1.807, 2.05) is 0 Å². The van der Waals surface area contributed by atoms with E-state index < -0.39 is 10.0 Å². The van der Waals surface area contributed by atoms with Gasteiger partial charge in [0, 0.05) is 19.6 Å². The van der Waals surface area contributed by atoms with Crippen LogP contribution in [0.1, 0.15) is 38.5 Å². The summed E-state index contributed by atoms with van der Waals surface area (Å²) in [6, 6.07) is 0.150. The summed E-state index contributed by atoms with van der Waals surface area (Å²) in [4.78, 5) is 3.92. The van der Waals surface area contributed by atoms with Crippen LogP contribution in [0, 0.1) is 5.92 Å². The van der Waals surface area contributed by atoms with Crippen LogP contribution in [-0.4, -0.2) is 34.9 Å². The fourth-order valence-corrected chi connectivity index (χ4v) is 5.69. The molecule has 2 heterocycles. The van der Waals surface area contributed by atoms with E-state index in [0.29, 0.717) is 12.5 Å². The number of aryl methyl sites for hydroxylation is 1. The molecule has 112 valence electrons. The van der Waals surface area contributed by atoms with Crippen molar-refractivity contribution >= 4 is 15.8 Å². The first kappa shape index (κ1) is 13.9. The van der Waals surface area contributed by atoms with E-state index in [1.165, 1.54) is 17.3 Å². The van der Waals surface area contributed by atoms with E-state index in [1.54, 1.807) is 11.4 Å². The molecule has 6 nitrogen and oxygen atoms in total. The highest BCUT2D eigenvalue weighted by Gasteiger charge is 2.41. The molecule has 1 saturated heterocycles. The smallest absolute Gasteiger partial charge is 0.262 e. The van der Waals surface area contributed by atoms with Crippen molar-refractivity contribution in [3.8, 4) is 0 Å². The number of nitrogen functional groups attached to an aromatic ring is 1. The molecule has 7 heteroatoms. The Hall–Kier alpha value is -1.08. The van der Waals surface area contributed by atoms with Crippen LogP contribution in [0.5, 0.6) is 0 Å². The molecule has 1 saturated carbocycles. The van der Waals surface area contributed by atoms with Gasteiger partial charge in [0.2, 0.25) is 0 Å². The average molecular weight is 298 g/mol. The summed E-state index contributed by atoms with van der Waals surface area (Å²) in [6.07, 6.45) is 8.02. The molecule has 0 aromatic carbocycles. The molecule has 2 atom stereocenters. The second-order valence-electron chi connectivity index (χ2n) is 5.92. The molecule has 0 amide bonds. The zero-order chi connectivity index (χ0) is 14.3. The van der Waals surface area contributed by atoms with Crippen LogP contribution in [-0.2, 0) is 17.1 Å². The normalized spacial score (nSPS) is 28.2. The van der Waals surface area contributed by atoms with Crippen LogP contribution < -0.4 is 5.73 Å². The summed E-state index contributed by atoms with van der Waals surface area (Å²) in [5.41, 5.74) is 5.76. The lowest BCUT2D eigenvalue weighted by Gasteiger charge is -2.43. The maximum absolute atomic E-state index is 12.9. The van der Waals surface area contributed by atoms with E-state index in [-0.39, 0.29) is 16.9 Å². The van der Waals surface area contributed by atoms with Gasteiger partial charge < -0.3 is 10.3 Å². The zero-order valence-corrected chi connectivity index (χ0v) is 12.6. The fourth-order valence-electron chi connectivity index (χ4n) is 3.74. The van der Waals surface area contributed by atoms with Gasteiger partial charge in [0.05, 0.1) is 6.33 Å². The topological polar surface area (TPSA) is 81.2 Å². The first-order valence-corrected chi connectivity index (χ1v) is 8.74. The van der Waals surface area contributed by atoms with Gasteiger partial charge in [-0.05, 0) is 31.6 Å². The Kier molecular flexibility index (Phi) is 3.50. The minimum absolute atomic E-state index is 0.102. The monoisotopic (exact) mass is 298 g/mol. The molecule has 1 aromatic rings. The number of hydrogen-bond donors (Lipinski definition) is 1. The average Bonchev–Trinajstić information content (AvgIpc) is 2.78. The number of fused-ring (bicyclic) bond motifs is 1. The molecule has 20 heavy (non-hydrogen) atoms. The lowest BCUT2D eigenvalue weighted by atomic mass is 9.79. The molecule has 2 aliphatic rings. The SMILES string of the molecule is Cn1cnc(N)c1S(=O)(=O)N1CCC[C@H]2CCCC[C@H]21. The molecular weight excluding hydrogens is 276 g/mol. The first-order chi connectivity index (χ1) is 9.51. The standard InChI is InChI=1S/C13H22N4O2S/c1-16-9-15-12(14)13(16)20(18,19)17-8-4-6-10-5-2-3-7-11(10)17/h9-11H,2-8,14H2,1H3/t10-,11-/m1/s1. The first-order valence-electron chi connectivity index (χ1n) is 7.30. The lowest BCUT2D eigenvalue weighted by Crippen LogP contribution is -2.49. The third kappa shape index (κ3) is 2.13. The van der Waals surface area contributed by atoms with E-state index in [4.69, 9.17) is 5.73 Å². The Labute approximate surface area is 120 Å². The van der Waals surface area contributed by atoms with Crippen LogP contribution in [0.25, 0.3) is 0 Å². The maximum atomic E-state index is 12.9. The van der Waals surface area contributed by atoms with Gasteiger partial charge in [0.25, 0.3) is 10.0 Å². The second kappa shape index (κ2) is 5.04. The third-order valence-corrected chi connectivity index (χ3v) is 6.71. The van der Waals surface area contributed by atoms with Crippen molar-refractivity contribution in [2.75, 3.05) is 12.3 Å². The zero-order valence-electron chi connectivity index (χ0n) is 11.8. The van der Waals surface area contributed by atoms with Crippen LogP contribution in [0.4, 0.5) is 5.82 Å². The molecule has 3 rings (SSSR count). The summed E-state index contributed by atoms with van der Waals surface area (Å²) >= 11 is 0. The molecule has 0 spiro atoms. The number of sulfonamides is 1. The van der Waals surface area contributed by atoms with Crippen molar-refractivity contribution in [2.45, 2.75) is 49.6 Å². The van der Waals surface area contributed by atoms with Crippen molar-refractivity contribution < 1.29 is 8.42 Å². The van der Waals surface area contributed by atoms with Crippen LogP contribution in [0.15, 0.2) is 11.4 Å². The second-order valence-corrected chi connectivity index (χ2v) is 7.72. The van der Waals surface area contributed by atoms with Gasteiger partial charge in [-0.3, -0.25) is 0 Å². The van der Waals surface area contributed by atoms with Crippen LogP contribution >= 0.6 is 0 Å². The highest BCUT2D eigenvalue weighted by Crippen LogP contribution is 2.38. The summed E-state index contributed by atoms with van der Waals surface area (Å²) in [5.74, 6) is 0.618. The molecule has 0 unspecified atom stereocenters. The molecule has 1 aliphatic heterocycles. The quantitative estimate of drug-likeness (QED) is 0.893. The van der Waals surface area contributed by atoms with Crippen molar-refractivity contribution in [2.24, 2.45) is 13.0 Å². The van der Waals surface area contributed by atoms with Crippen molar-refractivity contribution in [1.82, 2.24) is 13.9 Å².